The lowest BCUT2D eigenvalue weighted by molar-refractivity contribution is -0.141. The Balaban J connectivity index is 0.656. The third-order valence-electron chi connectivity index (χ3n) is 18.7. The van der Waals surface area contributed by atoms with Crippen LogP contribution >= 0.6 is 11.3 Å². The molecule has 0 aliphatic carbocycles. The van der Waals surface area contributed by atoms with Gasteiger partial charge in [0.2, 0.25) is 11.8 Å². The number of β-amino-alcohol motifs (C(OH)–C–C–N with tert-alkyl or cyclic N) is 1. The second-order valence-corrected chi connectivity index (χ2v) is 25.5. The van der Waals surface area contributed by atoms with E-state index in [4.69, 9.17) is 20.7 Å². The highest BCUT2D eigenvalue weighted by Crippen LogP contribution is 2.41. The molecule has 18 nitrogen and oxygen atoms in total. The van der Waals surface area contributed by atoms with Crippen molar-refractivity contribution in [2.75, 3.05) is 81.9 Å². The maximum atomic E-state index is 17.2. The molecule has 12 rings (SSSR count). The number of nitrogens with one attached hydrogen (secondary N) is 2. The Morgan fingerprint density at radius 3 is 2.38 bits per heavy atom. The third-order valence-corrected chi connectivity index (χ3v) is 19.6. The molecule has 7 aromatic rings. The number of rotatable bonds is 16. The lowest BCUT2D eigenvalue weighted by Crippen LogP contribution is -2.59. The van der Waals surface area contributed by atoms with Crippen LogP contribution in [0.1, 0.15) is 101 Å². The number of carbonyl (C=O) groups excluding carboxylic acids is 2. The van der Waals surface area contributed by atoms with Gasteiger partial charge in [0.25, 0.3) is 0 Å². The van der Waals surface area contributed by atoms with E-state index in [1.54, 1.807) is 17.5 Å². The minimum atomic E-state index is -0.835. The van der Waals surface area contributed by atoms with E-state index in [9.17, 15) is 19.8 Å². The second kappa shape index (κ2) is 23.8. The Morgan fingerprint density at radius 2 is 1.68 bits per heavy atom. The fourth-order valence-electron chi connectivity index (χ4n) is 13.8. The molecule has 0 saturated carbocycles. The van der Waals surface area contributed by atoms with Gasteiger partial charge in [0.15, 0.2) is 17.4 Å². The predicted octanol–water partition coefficient (Wildman–Crippen LogP) is 8.44. The number of likely N-dealkylation sites (tertiary alicyclic amines) is 2. The first kappa shape index (κ1) is 58.1. The minimum Gasteiger partial charge on any atom is -0.508 e. The fraction of sp³-hybridized carbons (Fsp3) is 0.484. The highest BCUT2D eigenvalue weighted by Gasteiger charge is 2.45. The van der Waals surface area contributed by atoms with Crippen molar-refractivity contribution < 1.29 is 37.8 Å². The molecule has 2 unspecified atom stereocenters. The number of amides is 2. The van der Waals surface area contributed by atoms with Crippen LogP contribution in [0.3, 0.4) is 0 Å². The number of thiazole rings is 1. The number of phenols is 1. The van der Waals surface area contributed by atoms with E-state index in [2.05, 4.69) is 70.1 Å². The van der Waals surface area contributed by atoms with Gasteiger partial charge in [-0.2, -0.15) is 9.97 Å². The van der Waals surface area contributed by atoms with Crippen LogP contribution in [0, 0.1) is 42.7 Å². The van der Waals surface area contributed by atoms with E-state index in [-0.39, 0.29) is 100 Å². The normalized spacial score (nSPS) is 21.5. The number of carbonyl (C=O) groups is 2. The van der Waals surface area contributed by atoms with Crippen LogP contribution < -0.4 is 25.2 Å². The molecule has 0 radical (unpaired) electrons. The van der Waals surface area contributed by atoms with Crippen molar-refractivity contribution in [1.82, 2.24) is 50.4 Å². The van der Waals surface area contributed by atoms with Gasteiger partial charge in [-0.1, -0.05) is 55.3 Å². The molecule has 2 bridgehead atoms. The average Bonchev–Trinajstić information content (AvgIpc) is 3.94. The van der Waals surface area contributed by atoms with Crippen LogP contribution in [0.25, 0.3) is 43.4 Å². The monoisotopic (exact) mass is 1180 g/mol. The number of hydrogen-bond donors (Lipinski definition) is 4. The number of halogens is 2. The highest BCUT2D eigenvalue weighted by atomic mass is 32.1. The quantitative estimate of drug-likeness (QED) is 0.0671. The summed E-state index contributed by atoms with van der Waals surface area (Å²) in [6, 6.07) is 14.9. The number of ether oxygens (including phenoxy) is 1. The van der Waals surface area contributed by atoms with E-state index in [0.717, 1.165) is 86.6 Å². The van der Waals surface area contributed by atoms with Crippen molar-refractivity contribution in [2.45, 2.75) is 115 Å². The number of nitrogens with zero attached hydrogens (tertiary/aromatic N) is 10. The zero-order valence-corrected chi connectivity index (χ0v) is 49.8. The number of aryl methyl sites for hydroxylation is 1. The van der Waals surface area contributed by atoms with E-state index < -0.39 is 29.7 Å². The summed E-state index contributed by atoms with van der Waals surface area (Å²) in [4.78, 5) is 58.9. The summed E-state index contributed by atoms with van der Waals surface area (Å²) in [7, 11) is 0. The molecular weight excluding hydrogens is 1100 g/mol. The number of piperazine rings is 2. The van der Waals surface area contributed by atoms with Crippen molar-refractivity contribution in [3.63, 3.8) is 0 Å². The maximum Gasteiger partial charge on any atom is 0.319 e. The molecule has 2 amide bonds. The molecule has 9 heterocycles. The molecule has 4 aromatic heterocycles. The summed E-state index contributed by atoms with van der Waals surface area (Å²) in [5.41, 5.74) is 4.70. The fourth-order valence-corrected chi connectivity index (χ4v) is 14.6. The van der Waals surface area contributed by atoms with E-state index >= 15 is 8.78 Å². The molecule has 5 aliphatic heterocycles. The summed E-state index contributed by atoms with van der Waals surface area (Å²) in [5, 5.41) is 34.0. The lowest BCUT2D eigenvalue weighted by atomic mass is 9.78. The van der Waals surface area contributed by atoms with Crippen molar-refractivity contribution in [3.05, 3.63) is 101 Å². The van der Waals surface area contributed by atoms with Crippen LogP contribution in [0.2, 0.25) is 0 Å². The van der Waals surface area contributed by atoms with Crippen LogP contribution in [-0.2, 0) is 9.59 Å². The number of phenolic OH excluding ortho intramolecular Hbond substituents is 1. The van der Waals surface area contributed by atoms with Gasteiger partial charge in [-0.05, 0) is 113 Å². The second-order valence-electron chi connectivity index (χ2n) is 24.6. The van der Waals surface area contributed by atoms with Gasteiger partial charge in [0, 0.05) is 99.6 Å². The van der Waals surface area contributed by atoms with Crippen LogP contribution in [-0.4, -0.2) is 164 Å². The van der Waals surface area contributed by atoms with E-state index in [1.807, 2.05) is 63.5 Å². The van der Waals surface area contributed by atoms with Gasteiger partial charge in [-0.15, -0.1) is 17.8 Å². The Hall–Kier alpha value is -7.35. The van der Waals surface area contributed by atoms with Gasteiger partial charge in [0.05, 0.1) is 39.2 Å². The van der Waals surface area contributed by atoms with Gasteiger partial charge < -0.3 is 44.8 Å². The summed E-state index contributed by atoms with van der Waals surface area (Å²) in [6.07, 6.45) is 10.7. The first-order chi connectivity index (χ1) is 40.9. The molecule has 5 fully saturated rings. The molecule has 5 aliphatic rings. The first-order valence-electron chi connectivity index (χ1n) is 29.8. The van der Waals surface area contributed by atoms with Gasteiger partial charge >= 0.3 is 6.01 Å². The number of anilines is 2. The molecule has 0 spiro atoms. The SMILES string of the molecule is C#Cc1c(F)ccc2cc(O)cc(-c3ncc4c(N5CC6CCC(C5)N6)nc(OCCN5CCC(C(C)(C)N6CCN(c7cc([C@H](C(=O)N8C[C@H](O)C[C@H]8C(=O)N[C@@H](C)c8ccc(-c9scnc9C)cc8)C(C)C)on7)CC6)CC5)nc4c3F)c12. The smallest absolute Gasteiger partial charge is 0.319 e. The summed E-state index contributed by atoms with van der Waals surface area (Å²) >= 11 is 1.59. The molecule has 85 heavy (non-hydrogen) atoms. The number of aliphatic hydroxyl groups is 1. The number of piperidine rings is 1. The standard InChI is InChI=1S/C64H74F2N12O6S/c1-8-47-50(65)16-13-41-27-45(79)28-48(55(41)47)57-56(66)58-49(31-67-57)60(76-32-43-14-15-44(33-76)70-43)72-63(71-58)83-26-25-74-19-17-42(18-20-74)64(6,7)77-23-21-75(22-24-77)53-30-52(84-73-53)54(36(2)3)62(82)78-34-46(80)29-51(78)61(81)69-37(4)39-9-11-40(12-10-39)59-38(5)68-35-85-59/h1,9-13,16,27-28,30-31,35-37,42-44,46,51,54,70,79-80H,14-15,17-26,29,32-34H2,2-7H3,(H,69,81)/t37-,43?,44?,46+,51-,54+/m0/s1. The minimum absolute atomic E-state index is 0.0109. The topological polar surface area (TPSA) is 202 Å². The number of aromatic nitrogens is 5. The predicted molar refractivity (Wildman–Crippen MR) is 324 cm³/mol. The summed E-state index contributed by atoms with van der Waals surface area (Å²) < 4.78 is 44.6. The molecular formula is C64H74F2N12O6S. The molecule has 5 saturated heterocycles. The van der Waals surface area contributed by atoms with E-state index in [0.29, 0.717) is 53.7 Å². The number of fused-ring (bicyclic) bond motifs is 4. The average molecular weight is 1180 g/mol. The zero-order chi connectivity index (χ0) is 59.4. The number of benzene rings is 3. The number of terminal acetylenes is 1. The first-order valence-corrected chi connectivity index (χ1v) is 30.7. The van der Waals surface area contributed by atoms with Gasteiger partial charge in [-0.25, -0.2) is 13.8 Å². The van der Waals surface area contributed by atoms with Crippen LogP contribution in [0.15, 0.2) is 70.8 Å². The zero-order valence-electron chi connectivity index (χ0n) is 49.0. The van der Waals surface area contributed by atoms with Crippen molar-refractivity contribution >= 4 is 56.5 Å². The molecule has 3 aromatic carbocycles. The van der Waals surface area contributed by atoms with Crippen molar-refractivity contribution in [1.29, 1.82) is 0 Å². The molecule has 21 heteroatoms. The van der Waals surface area contributed by atoms with Gasteiger partial charge in [-0.3, -0.25) is 24.4 Å². The van der Waals surface area contributed by atoms with Crippen LogP contribution in [0.4, 0.5) is 20.4 Å². The number of aromatic hydroxyl groups is 1. The Bertz CT molecular complexity index is 3660. The summed E-state index contributed by atoms with van der Waals surface area (Å²) in [5.74, 6) is 1.52. The molecule has 446 valence electrons. The number of aliphatic hydroxyl groups excluding tert-OH is 1. The van der Waals surface area contributed by atoms with Gasteiger partial charge in [0.1, 0.15) is 47.2 Å². The van der Waals surface area contributed by atoms with E-state index in [1.165, 1.54) is 29.2 Å². The van der Waals surface area contributed by atoms with Crippen molar-refractivity contribution in [3.8, 4) is 45.8 Å². The number of hydrogen-bond acceptors (Lipinski definition) is 17. The molecule has 6 atom stereocenters. The number of pyridine rings is 1. The summed E-state index contributed by atoms with van der Waals surface area (Å²) in [6.45, 7) is 19.7. The lowest BCUT2D eigenvalue weighted by Gasteiger charge is -2.50. The Kier molecular flexibility index (Phi) is 16.3. The Morgan fingerprint density at radius 1 is 0.941 bits per heavy atom. The Labute approximate surface area is 498 Å². The van der Waals surface area contributed by atoms with Crippen molar-refractivity contribution in [2.24, 2.45) is 11.8 Å². The third kappa shape index (κ3) is 11.5. The maximum absolute atomic E-state index is 17.2. The highest BCUT2D eigenvalue weighted by molar-refractivity contribution is 7.13. The van der Waals surface area contributed by atoms with Crippen LogP contribution in [0.5, 0.6) is 11.8 Å². The largest absolute Gasteiger partial charge is 0.508 e. The molecule has 4 N–H and O–H groups in total.